The molecule has 2 atom stereocenters. The highest BCUT2D eigenvalue weighted by Crippen LogP contribution is 2.30. The quantitative estimate of drug-likeness (QED) is 0.793. The number of aromatic nitrogens is 1. The molecular weight excluding hydrogens is 306 g/mol. The first-order valence-electron chi connectivity index (χ1n) is 8.14. The lowest BCUT2D eigenvalue weighted by atomic mass is 10.1. The Morgan fingerprint density at radius 2 is 2.25 bits per heavy atom. The third-order valence-electron chi connectivity index (χ3n) is 4.41. The number of fused-ring (bicyclic) bond motifs is 1. The van der Waals surface area contributed by atoms with Gasteiger partial charge < -0.3 is 20.5 Å². The maximum absolute atomic E-state index is 12.2. The summed E-state index contributed by atoms with van der Waals surface area (Å²) in [6.07, 6.45) is 0.875. The summed E-state index contributed by atoms with van der Waals surface area (Å²) in [6.45, 7) is 1.17. The number of hydrogen-bond acceptors (Lipinski definition) is 5. The Morgan fingerprint density at radius 3 is 3.08 bits per heavy atom. The van der Waals surface area contributed by atoms with Crippen LogP contribution in [0.2, 0.25) is 0 Å². The molecule has 0 saturated carbocycles. The van der Waals surface area contributed by atoms with Gasteiger partial charge in [-0.3, -0.25) is 4.79 Å². The van der Waals surface area contributed by atoms with E-state index >= 15 is 0 Å². The number of aliphatic hydroxyl groups excluding tert-OH is 1. The van der Waals surface area contributed by atoms with Gasteiger partial charge in [0.25, 0.3) is 0 Å². The number of carbonyl (C=O) groups excluding carboxylic acids is 1. The minimum atomic E-state index is -0.464. The van der Waals surface area contributed by atoms with Gasteiger partial charge in [0.2, 0.25) is 5.91 Å². The highest BCUT2D eigenvalue weighted by molar-refractivity contribution is 5.94. The van der Waals surface area contributed by atoms with Crippen LogP contribution in [0.3, 0.4) is 0 Å². The summed E-state index contributed by atoms with van der Waals surface area (Å²) in [5.41, 5.74) is 3.00. The van der Waals surface area contributed by atoms with Crippen LogP contribution in [0.15, 0.2) is 36.4 Å². The molecule has 124 valence electrons. The Hall–Kier alpha value is -2.44. The van der Waals surface area contributed by atoms with E-state index in [2.05, 4.69) is 21.7 Å². The van der Waals surface area contributed by atoms with Crippen molar-refractivity contribution in [2.75, 3.05) is 18.5 Å². The molecule has 4 rings (SSSR count). The predicted octanol–water partition coefficient (Wildman–Crippen LogP) is 1.34. The van der Waals surface area contributed by atoms with Crippen molar-refractivity contribution in [1.29, 1.82) is 0 Å². The Morgan fingerprint density at radius 1 is 1.33 bits per heavy atom. The van der Waals surface area contributed by atoms with Gasteiger partial charge in [0.05, 0.1) is 24.4 Å². The molecule has 0 aliphatic carbocycles. The summed E-state index contributed by atoms with van der Waals surface area (Å²) >= 11 is 0. The van der Waals surface area contributed by atoms with Gasteiger partial charge in [-0.2, -0.15) is 0 Å². The number of hydrogen-bond donors (Lipinski definition) is 3. The summed E-state index contributed by atoms with van der Waals surface area (Å²) in [5.74, 6) is 1.28. The van der Waals surface area contributed by atoms with Crippen molar-refractivity contribution < 1.29 is 14.6 Å². The zero-order valence-electron chi connectivity index (χ0n) is 13.2. The second-order valence-corrected chi connectivity index (χ2v) is 6.17. The number of anilines is 1. The number of carbonyl (C=O) groups is 1. The van der Waals surface area contributed by atoms with E-state index in [4.69, 9.17) is 4.74 Å². The zero-order chi connectivity index (χ0) is 16.5. The topological polar surface area (TPSA) is 83.5 Å². The molecule has 3 N–H and O–H groups in total. The van der Waals surface area contributed by atoms with Gasteiger partial charge in [0.15, 0.2) is 0 Å². The first-order valence-corrected chi connectivity index (χ1v) is 8.14. The lowest BCUT2D eigenvalue weighted by Gasteiger charge is -2.11. The highest BCUT2D eigenvalue weighted by Gasteiger charge is 2.28. The number of nitrogens with zero attached hydrogens (tertiary/aromatic N) is 1. The van der Waals surface area contributed by atoms with Crippen molar-refractivity contribution in [3.63, 3.8) is 0 Å². The fourth-order valence-corrected chi connectivity index (χ4v) is 3.14. The maximum atomic E-state index is 12.2. The Kier molecular flexibility index (Phi) is 3.92. The number of amides is 1. The van der Waals surface area contributed by atoms with Crippen molar-refractivity contribution in [2.45, 2.75) is 25.0 Å². The van der Waals surface area contributed by atoms with Crippen molar-refractivity contribution in [1.82, 2.24) is 10.3 Å². The molecule has 1 saturated heterocycles. The van der Waals surface area contributed by atoms with Crippen LogP contribution in [-0.4, -0.2) is 41.3 Å². The molecule has 2 aliphatic rings. The van der Waals surface area contributed by atoms with Crippen molar-refractivity contribution in [3.8, 4) is 17.0 Å². The lowest BCUT2D eigenvalue weighted by Crippen LogP contribution is -2.35. The smallest absolute Gasteiger partial charge is 0.242 e. The van der Waals surface area contributed by atoms with E-state index in [1.54, 1.807) is 6.07 Å². The van der Waals surface area contributed by atoms with Gasteiger partial charge in [0.1, 0.15) is 11.6 Å². The third kappa shape index (κ3) is 2.98. The fraction of sp³-hybridized carbons (Fsp3) is 0.333. The summed E-state index contributed by atoms with van der Waals surface area (Å²) in [6, 6.07) is 11.2. The molecule has 3 heterocycles. The number of nitrogens with one attached hydrogen (secondary N) is 2. The maximum Gasteiger partial charge on any atom is 0.242 e. The fourth-order valence-electron chi connectivity index (χ4n) is 3.14. The van der Waals surface area contributed by atoms with Gasteiger partial charge in [-0.25, -0.2) is 4.98 Å². The number of benzene rings is 1. The van der Waals surface area contributed by atoms with Crippen LogP contribution in [0, 0.1) is 0 Å². The third-order valence-corrected chi connectivity index (χ3v) is 4.41. The predicted molar refractivity (Wildman–Crippen MR) is 89.9 cm³/mol. The molecule has 0 bridgehead atoms. The molecule has 2 aliphatic heterocycles. The minimum Gasteiger partial charge on any atom is -0.493 e. The van der Waals surface area contributed by atoms with E-state index in [9.17, 15) is 9.90 Å². The Labute approximate surface area is 139 Å². The van der Waals surface area contributed by atoms with Crippen LogP contribution < -0.4 is 15.4 Å². The Balaban J connectivity index is 1.52. The summed E-state index contributed by atoms with van der Waals surface area (Å²) in [7, 11) is 0. The average Bonchev–Trinajstić information content (AvgIpc) is 3.23. The summed E-state index contributed by atoms with van der Waals surface area (Å²) < 4.78 is 5.53. The molecule has 0 radical (unpaired) electrons. The molecular formula is C18H19N3O3. The van der Waals surface area contributed by atoms with Crippen LogP contribution in [0.25, 0.3) is 11.3 Å². The van der Waals surface area contributed by atoms with Gasteiger partial charge in [0, 0.05) is 18.5 Å². The van der Waals surface area contributed by atoms with E-state index in [1.165, 1.54) is 5.56 Å². The number of pyridine rings is 1. The van der Waals surface area contributed by atoms with Crippen LogP contribution in [0.1, 0.15) is 12.0 Å². The van der Waals surface area contributed by atoms with Gasteiger partial charge >= 0.3 is 0 Å². The molecule has 2 aromatic rings. The van der Waals surface area contributed by atoms with E-state index in [0.29, 0.717) is 18.8 Å². The molecule has 1 amide bonds. The van der Waals surface area contributed by atoms with Crippen molar-refractivity contribution >= 4 is 11.7 Å². The molecule has 1 aromatic carbocycles. The lowest BCUT2D eigenvalue weighted by molar-refractivity contribution is -0.117. The first-order chi connectivity index (χ1) is 11.7. The van der Waals surface area contributed by atoms with E-state index in [0.717, 1.165) is 30.0 Å². The molecule has 6 heteroatoms. The van der Waals surface area contributed by atoms with E-state index < -0.39 is 6.10 Å². The molecule has 2 unspecified atom stereocenters. The monoisotopic (exact) mass is 325 g/mol. The van der Waals surface area contributed by atoms with Crippen molar-refractivity contribution in [3.05, 3.63) is 42.0 Å². The summed E-state index contributed by atoms with van der Waals surface area (Å²) in [5, 5.41) is 15.3. The van der Waals surface area contributed by atoms with Crippen LogP contribution in [-0.2, 0) is 11.2 Å². The molecule has 6 nitrogen and oxygen atoms in total. The normalized spacial score (nSPS) is 22.0. The Bertz CT molecular complexity index is 778. The first kappa shape index (κ1) is 15.1. The number of aliphatic hydroxyl groups is 1. The number of β-amino-alcohol motifs (C(OH)–C–C–N with tert-alkyl or cyclic N) is 1. The average molecular weight is 325 g/mol. The minimum absolute atomic E-state index is 0.168. The highest BCUT2D eigenvalue weighted by atomic mass is 16.5. The SMILES string of the molecule is O=C(Nc1cccc(-c2ccc3c(c2)CCO3)n1)C1CC(O)CN1. The van der Waals surface area contributed by atoms with Crippen LogP contribution in [0.5, 0.6) is 5.75 Å². The molecule has 1 fully saturated rings. The summed E-state index contributed by atoms with van der Waals surface area (Å²) in [4.78, 5) is 16.8. The molecule has 0 spiro atoms. The zero-order valence-corrected chi connectivity index (χ0v) is 13.2. The van der Waals surface area contributed by atoms with E-state index in [1.807, 2.05) is 24.3 Å². The standard InChI is InChI=1S/C18H19N3O3/c22-13-9-15(19-10-13)18(23)21-17-3-1-2-14(20-17)11-4-5-16-12(8-11)6-7-24-16/h1-5,8,13,15,19,22H,6-7,9-10H2,(H,20,21,23). The van der Waals surface area contributed by atoms with Gasteiger partial charge in [-0.15, -0.1) is 0 Å². The van der Waals surface area contributed by atoms with Crippen LogP contribution in [0.4, 0.5) is 5.82 Å². The number of ether oxygens (including phenoxy) is 1. The second-order valence-electron chi connectivity index (χ2n) is 6.17. The molecule has 24 heavy (non-hydrogen) atoms. The van der Waals surface area contributed by atoms with Crippen molar-refractivity contribution in [2.24, 2.45) is 0 Å². The van der Waals surface area contributed by atoms with Crippen LogP contribution >= 0.6 is 0 Å². The van der Waals surface area contributed by atoms with E-state index in [-0.39, 0.29) is 11.9 Å². The molecule has 1 aromatic heterocycles. The van der Waals surface area contributed by atoms with Gasteiger partial charge in [-0.1, -0.05) is 6.07 Å². The second kappa shape index (κ2) is 6.22. The number of rotatable bonds is 3. The largest absolute Gasteiger partial charge is 0.493 e. The van der Waals surface area contributed by atoms with Gasteiger partial charge in [-0.05, 0) is 42.3 Å².